The van der Waals surface area contributed by atoms with Crippen LogP contribution in [0.5, 0.6) is 0 Å². The predicted molar refractivity (Wildman–Crippen MR) is 74.1 cm³/mol. The van der Waals surface area contributed by atoms with Gasteiger partial charge in [0.1, 0.15) is 5.69 Å². The first-order valence-electron chi connectivity index (χ1n) is 5.67. The largest absolute Gasteiger partial charge is 0.308 e. The third kappa shape index (κ3) is 2.50. The van der Waals surface area contributed by atoms with E-state index >= 15 is 0 Å². The van der Waals surface area contributed by atoms with Crippen molar-refractivity contribution in [1.29, 1.82) is 0 Å². The maximum absolute atomic E-state index is 12.1. The SMILES string of the molecule is CC(C)c1nc2cc(S(=O)(=O)Cl)ccc2n(C)c1=O. The maximum Gasteiger partial charge on any atom is 0.272 e. The zero-order chi connectivity index (χ0) is 14.4. The molecule has 2 aromatic rings. The lowest BCUT2D eigenvalue weighted by atomic mass is 10.1. The first kappa shape index (κ1) is 14.0. The van der Waals surface area contributed by atoms with Crippen LogP contribution in [-0.4, -0.2) is 18.0 Å². The van der Waals surface area contributed by atoms with E-state index in [2.05, 4.69) is 4.98 Å². The van der Waals surface area contributed by atoms with Gasteiger partial charge in [0.25, 0.3) is 14.6 Å². The van der Waals surface area contributed by atoms with E-state index < -0.39 is 9.05 Å². The van der Waals surface area contributed by atoms with Crippen LogP contribution in [0.25, 0.3) is 11.0 Å². The Morgan fingerprint density at radius 3 is 2.47 bits per heavy atom. The fraction of sp³-hybridized carbons (Fsp3) is 0.333. The summed E-state index contributed by atoms with van der Waals surface area (Å²) in [5.74, 6) is -0.0423. The normalized spacial score (nSPS) is 12.3. The average molecular weight is 301 g/mol. The van der Waals surface area contributed by atoms with Gasteiger partial charge in [-0.1, -0.05) is 13.8 Å². The molecule has 0 unspecified atom stereocenters. The molecule has 0 bridgehead atoms. The number of hydrogen-bond acceptors (Lipinski definition) is 4. The van der Waals surface area contributed by atoms with E-state index in [1.165, 1.54) is 22.8 Å². The Morgan fingerprint density at radius 2 is 1.95 bits per heavy atom. The highest BCUT2D eigenvalue weighted by Crippen LogP contribution is 2.20. The van der Waals surface area contributed by atoms with Gasteiger partial charge in [-0.3, -0.25) is 4.79 Å². The minimum atomic E-state index is -3.81. The van der Waals surface area contributed by atoms with Crippen molar-refractivity contribution in [2.24, 2.45) is 7.05 Å². The van der Waals surface area contributed by atoms with Crippen LogP contribution >= 0.6 is 10.7 Å². The number of nitrogens with zero attached hydrogens (tertiary/aromatic N) is 2. The molecule has 0 atom stereocenters. The average Bonchev–Trinajstić information content (AvgIpc) is 2.31. The van der Waals surface area contributed by atoms with Crippen molar-refractivity contribution in [2.75, 3.05) is 0 Å². The van der Waals surface area contributed by atoms with Gasteiger partial charge in [0, 0.05) is 23.6 Å². The van der Waals surface area contributed by atoms with E-state index in [9.17, 15) is 13.2 Å². The highest BCUT2D eigenvalue weighted by atomic mass is 35.7. The van der Waals surface area contributed by atoms with Crippen molar-refractivity contribution >= 4 is 30.8 Å². The van der Waals surface area contributed by atoms with E-state index in [0.29, 0.717) is 16.7 Å². The molecule has 0 saturated carbocycles. The molecule has 0 aliphatic heterocycles. The molecule has 0 radical (unpaired) electrons. The Kier molecular flexibility index (Phi) is 3.40. The van der Waals surface area contributed by atoms with Crippen LogP contribution in [-0.2, 0) is 16.1 Å². The van der Waals surface area contributed by atoms with E-state index in [4.69, 9.17) is 10.7 Å². The van der Waals surface area contributed by atoms with Crippen LogP contribution in [0.15, 0.2) is 27.9 Å². The van der Waals surface area contributed by atoms with Crippen LogP contribution < -0.4 is 5.56 Å². The monoisotopic (exact) mass is 300 g/mol. The Bertz CT molecular complexity index is 810. The molecule has 0 aliphatic rings. The van der Waals surface area contributed by atoms with Crippen molar-refractivity contribution in [3.8, 4) is 0 Å². The fourth-order valence-electron chi connectivity index (χ4n) is 1.86. The molecule has 0 fully saturated rings. The number of hydrogen-bond donors (Lipinski definition) is 0. The number of fused-ring (bicyclic) bond motifs is 1. The standard InChI is InChI=1S/C12H13ClN2O3S/c1-7(2)11-12(16)15(3)10-5-4-8(19(13,17)18)6-9(10)14-11/h4-7H,1-3H3. The Morgan fingerprint density at radius 1 is 1.32 bits per heavy atom. The smallest absolute Gasteiger partial charge is 0.272 e. The summed E-state index contributed by atoms with van der Waals surface area (Å²) in [6.07, 6.45) is 0. The number of rotatable bonds is 2. The van der Waals surface area contributed by atoms with Gasteiger partial charge >= 0.3 is 0 Å². The molecule has 102 valence electrons. The van der Waals surface area contributed by atoms with Crippen LogP contribution in [0.1, 0.15) is 25.5 Å². The second-order valence-electron chi connectivity index (χ2n) is 4.60. The summed E-state index contributed by atoms with van der Waals surface area (Å²) in [6.45, 7) is 3.72. The molecule has 0 spiro atoms. The Labute approximate surface area is 115 Å². The molecule has 5 nitrogen and oxygen atoms in total. The Hall–Kier alpha value is -1.40. The van der Waals surface area contributed by atoms with Crippen LogP contribution in [0.2, 0.25) is 0 Å². The lowest BCUT2D eigenvalue weighted by Gasteiger charge is -2.10. The molecule has 1 heterocycles. The van der Waals surface area contributed by atoms with Crippen LogP contribution in [0, 0.1) is 0 Å². The Balaban J connectivity index is 2.87. The van der Waals surface area contributed by atoms with Crippen molar-refractivity contribution in [1.82, 2.24) is 9.55 Å². The van der Waals surface area contributed by atoms with Gasteiger partial charge in [-0.2, -0.15) is 0 Å². The molecule has 0 saturated heterocycles. The predicted octanol–water partition coefficient (Wildman–Crippen LogP) is 1.98. The quantitative estimate of drug-likeness (QED) is 0.795. The zero-order valence-electron chi connectivity index (χ0n) is 10.7. The summed E-state index contributed by atoms with van der Waals surface area (Å²) >= 11 is 0. The summed E-state index contributed by atoms with van der Waals surface area (Å²) < 4.78 is 24.1. The van der Waals surface area contributed by atoms with Gasteiger partial charge in [-0.15, -0.1) is 0 Å². The molecule has 0 amide bonds. The van der Waals surface area contributed by atoms with Crippen LogP contribution in [0.3, 0.4) is 0 Å². The third-order valence-electron chi connectivity index (χ3n) is 2.90. The fourth-order valence-corrected chi connectivity index (χ4v) is 2.63. The van der Waals surface area contributed by atoms with Gasteiger partial charge in [0.2, 0.25) is 0 Å². The highest BCUT2D eigenvalue weighted by Gasteiger charge is 2.15. The summed E-state index contributed by atoms with van der Waals surface area (Å²) in [5.41, 5.74) is 1.23. The van der Waals surface area contributed by atoms with Crippen LogP contribution in [0.4, 0.5) is 0 Å². The first-order valence-corrected chi connectivity index (χ1v) is 7.98. The second-order valence-corrected chi connectivity index (χ2v) is 7.17. The second kappa shape index (κ2) is 4.61. The van der Waals surface area contributed by atoms with Crippen molar-refractivity contribution in [3.05, 3.63) is 34.2 Å². The first-order chi connectivity index (χ1) is 8.71. The van der Waals surface area contributed by atoms with Gasteiger partial charge in [0.15, 0.2) is 0 Å². The molecule has 1 aromatic heterocycles. The zero-order valence-corrected chi connectivity index (χ0v) is 12.3. The lowest BCUT2D eigenvalue weighted by Crippen LogP contribution is -2.24. The third-order valence-corrected chi connectivity index (χ3v) is 4.25. The summed E-state index contributed by atoms with van der Waals surface area (Å²) in [6, 6.07) is 4.27. The molecule has 0 aliphatic carbocycles. The summed E-state index contributed by atoms with van der Waals surface area (Å²) in [5, 5.41) is 0. The number of aryl methyl sites for hydroxylation is 1. The van der Waals surface area contributed by atoms with Gasteiger partial charge in [0.05, 0.1) is 15.9 Å². The van der Waals surface area contributed by atoms with Crippen molar-refractivity contribution in [3.63, 3.8) is 0 Å². The number of halogens is 1. The minimum Gasteiger partial charge on any atom is -0.308 e. The molecule has 0 N–H and O–H groups in total. The van der Waals surface area contributed by atoms with E-state index in [0.717, 1.165) is 0 Å². The molecule has 7 heteroatoms. The van der Waals surface area contributed by atoms with Gasteiger partial charge in [-0.25, -0.2) is 13.4 Å². The molecule has 2 rings (SSSR count). The molecular weight excluding hydrogens is 288 g/mol. The van der Waals surface area contributed by atoms with E-state index in [-0.39, 0.29) is 16.4 Å². The summed E-state index contributed by atoms with van der Waals surface area (Å²) in [7, 11) is 3.13. The summed E-state index contributed by atoms with van der Waals surface area (Å²) in [4.78, 5) is 16.3. The minimum absolute atomic E-state index is 0.0254. The van der Waals surface area contributed by atoms with E-state index in [1.807, 2.05) is 13.8 Å². The maximum atomic E-state index is 12.1. The number of benzene rings is 1. The topological polar surface area (TPSA) is 69.0 Å². The van der Waals surface area contributed by atoms with Gasteiger partial charge in [-0.05, 0) is 18.2 Å². The van der Waals surface area contributed by atoms with Crippen molar-refractivity contribution < 1.29 is 8.42 Å². The van der Waals surface area contributed by atoms with E-state index in [1.54, 1.807) is 7.05 Å². The number of aromatic nitrogens is 2. The molecule has 19 heavy (non-hydrogen) atoms. The lowest BCUT2D eigenvalue weighted by molar-refractivity contribution is 0.609. The molecular formula is C12H13ClN2O3S. The molecule has 1 aromatic carbocycles. The highest BCUT2D eigenvalue weighted by molar-refractivity contribution is 8.13. The van der Waals surface area contributed by atoms with Gasteiger partial charge < -0.3 is 4.57 Å². The van der Waals surface area contributed by atoms with Crippen molar-refractivity contribution in [2.45, 2.75) is 24.7 Å².